The highest BCUT2D eigenvalue weighted by atomic mass is 16.6. The zero-order valence-electron chi connectivity index (χ0n) is 13.9. The standard InChI is InChI=1S/C17H27NO5/c1-2-3-10-22-15(19)12-14(13-7-5-4-6-8-13)16(20)18-9-11-23-17(18)21/h13-14H,2-12H2,1H3. The van der Waals surface area contributed by atoms with Crippen LogP contribution >= 0.6 is 0 Å². The summed E-state index contributed by atoms with van der Waals surface area (Å²) in [6.45, 7) is 2.95. The van der Waals surface area contributed by atoms with Gasteiger partial charge in [0.25, 0.3) is 0 Å². The molecule has 2 fully saturated rings. The molecular formula is C17H27NO5. The number of carbonyl (C=O) groups is 3. The van der Waals surface area contributed by atoms with Crippen LogP contribution in [-0.4, -0.2) is 42.6 Å². The summed E-state index contributed by atoms with van der Waals surface area (Å²) in [7, 11) is 0. The van der Waals surface area contributed by atoms with Crippen molar-refractivity contribution in [2.24, 2.45) is 11.8 Å². The predicted molar refractivity (Wildman–Crippen MR) is 83.6 cm³/mol. The van der Waals surface area contributed by atoms with Crippen LogP contribution in [0.5, 0.6) is 0 Å². The molecule has 1 saturated carbocycles. The number of ether oxygens (including phenoxy) is 2. The minimum atomic E-state index is -0.588. The van der Waals surface area contributed by atoms with Crippen LogP contribution in [0.3, 0.4) is 0 Å². The van der Waals surface area contributed by atoms with E-state index in [-0.39, 0.29) is 37.4 Å². The molecule has 0 bridgehead atoms. The van der Waals surface area contributed by atoms with Gasteiger partial charge in [-0.3, -0.25) is 9.59 Å². The van der Waals surface area contributed by atoms with Crippen LogP contribution in [-0.2, 0) is 19.1 Å². The molecule has 1 aliphatic heterocycles. The van der Waals surface area contributed by atoms with E-state index in [4.69, 9.17) is 9.47 Å². The van der Waals surface area contributed by atoms with E-state index in [0.717, 1.165) is 43.4 Å². The summed E-state index contributed by atoms with van der Waals surface area (Å²) in [5.74, 6) is -0.916. The molecule has 6 heteroatoms. The normalized spacial score (nSPS) is 20.2. The molecule has 23 heavy (non-hydrogen) atoms. The highest BCUT2D eigenvalue weighted by molar-refractivity contribution is 5.95. The van der Waals surface area contributed by atoms with Crippen molar-refractivity contribution in [3.05, 3.63) is 0 Å². The summed E-state index contributed by atoms with van der Waals surface area (Å²) in [5.41, 5.74) is 0. The number of esters is 1. The largest absolute Gasteiger partial charge is 0.466 e. The molecule has 1 heterocycles. The highest BCUT2D eigenvalue weighted by Crippen LogP contribution is 2.33. The first-order valence-electron chi connectivity index (χ1n) is 8.77. The van der Waals surface area contributed by atoms with E-state index in [1.54, 1.807) is 0 Å². The van der Waals surface area contributed by atoms with Crippen LogP contribution < -0.4 is 0 Å². The molecule has 6 nitrogen and oxygen atoms in total. The molecule has 130 valence electrons. The average Bonchev–Trinajstić information content (AvgIpc) is 2.99. The summed E-state index contributed by atoms with van der Waals surface area (Å²) >= 11 is 0. The predicted octanol–water partition coefficient (Wildman–Crippen LogP) is 2.90. The lowest BCUT2D eigenvalue weighted by molar-refractivity contribution is -0.149. The lowest BCUT2D eigenvalue weighted by atomic mass is 9.78. The Morgan fingerprint density at radius 2 is 2.04 bits per heavy atom. The SMILES string of the molecule is CCCCOC(=O)CC(C(=O)N1CCOC1=O)C1CCCCC1. The fourth-order valence-corrected chi connectivity index (χ4v) is 3.35. The van der Waals surface area contributed by atoms with E-state index in [1.165, 1.54) is 6.42 Å². The first-order valence-corrected chi connectivity index (χ1v) is 8.77. The maximum atomic E-state index is 12.7. The Balaban J connectivity index is 2.00. The Kier molecular flexibility index (Phi) is 6.86. The summed E-state index contributed by atoms with van der Waals surface area (Å²) in [6.07, 6.45) is 6.44. The van der Waals surface area contributed by atoms with Gasteiger partial charge < -0.3 is 9.47 Å². The molecule has 0 aromatic heterocycles. The second-order valence-corrected chi connectivity index (χ2v) is 6.39. The molecule has 0 aromatic rings. The number of unbranched alkanes of at least 4 members (excludes halogenated alkanes) is 1. The number of amides is 2. The number of rotatable bonds is 7. The number of imide groups is 1. The van der Waals surface area contributed by atoms with Gasteiger partial charge in [-0.15, -0.1) is 0 Å². The smallest absolute Gasteiger partial charge is 0.416 e. The Morgan fingerprint density at radius 3 is 2.65 bits per heavy atom. The van der Waals surface area contributed by atoms with Crippen molar-refractivity contribution < 1.29 is 23.9 Å². The van der Waals surface area contributed by atoms with Gasteiger partial charge in [-0.25, -0.2) is 9.69 Å². The highest BCUT2D eigenvalue weighted by Gasteiger charge is 2.39. The summed E-state index contributed by atoms with van der Waals surface area (Å²) < 4.78 is 10.1. The zero-order chi connectivity index (χ0) is 16.7. The van der Waals surface area contributed by atoms with Gasteiger partial charge in [0, 0.05) is 0 Å². The van der Waals surface area contributed by atoms with Gasteiger partial charge in [0.2, 0.25) is 5.91 Å². The van der Waals surface area contributed by atoms with Crippen LogP contribution in [0.25, 0.3) is 0 Å². The van der Waals surface area contributed by atoms with E-state index in [0.29, 0.717) is 6.61 Å². The fourth-order valence-electron chi connectivity index (χ4n) is 3.35. The topological polar surface area (TPSA) is 72.9 Å². The Labute approximate surface area is 137 Å². The molecule has 0 N–H and O–H groups in total. The summed E-state index contributed by atoms with van der Waals surface area (Å²) in [4.78, 5) is 37.6. The Hall–Kier alpha value is -1.59. The van der Waals surface area contributed by atoms with Gasteiger partial charge >= 0.3 is 12.1 Å². The molecule has 0 aromatic carbocycles. The van der Waals surface area contributed by atoms with Gasteiger partial charge in [0.1, 0.15) is 6.61 Å². The third-order valence-electron chi connectivity index (χ3n) is 4.71. The second-order valence-electron chi connectivity index (χ2n) is 6.39. The van der Waals surface area contributed by atoms with E-state index in [9.17, 15) is 14.4 Å². The minimum Gasteiger partial charge on any atom is -0.466 e. The lowest BCUT2D eigenvalue weighted by Gasteiger charge is -2.30. The molecule has 1 aliphatic carbocycles. The first kappa shape index (κ1) is 17.8. The Morgan fingerprint density at radius 1 is 1.30 bits per heavy atom. The molecule has 0 spiro atoms. The van der Waals surface area contributed by atoms with E-state index in [1.807, 2.05) is 6.92 Å². The van der Waals surface area contributed by atoms with Gasteiger partial charge in [-0.2, -0.15) is 0 Å². The first-order chi connectivity index (χ1) is 11.1. The second kappa shape index (κ2) is 8.89. The number of nitrogens with zero attached hydrogens (tertiary/aromatic N) is 1. The van der Waals surface area contributed by atoms with Crippen LogP contribution in [0.1, 0.15) is 58.3 Å². The minimum absolute atomic E-state index is 0.0665. The molecular weight excluding hydrogens is 298 g/mol. The van der Waals surface area contributed by atoms with Crippen LogP contribution in [0.4, 0.5) is 4.79 Å². The van der Waals surface area contributed by atoms with E-state index in [2.05, 4.69) is 0 Å². The molecule has 2 amide bonds. The zero-order valence-corrected chi connectivity index (χ0v) is 13.9. The van der Waals surface area contributed by atoms with Crippen LogP contribution in [0, 0.1) is 11.8 Å². The van der Waals surface area contributed by atoms with Gasteiger partial charge in [-0.05, 0) is 25.2 Å². The number of carbonyl (C=O) groups excluding carboxylic acids is 3. The molecule has 1 saturated heterocycles. The molecule has 2 aliphatic rings. The molecule has 1 atom stereocenters. The molecule has 2 rings (SSSR count). The molecule has 0 radical (unpaired) electrons. The number of hydrogen-bond donors (Lipinski definition) is 0. The van der Waals surface area contributed by atoms with Gasteiger partial charge in [-0.1, -0.05) is 32.6 Å². The van der Waals surface area contributed by atoms with E-state index < -0.39 is 12.0 Å². The van der Waals surface area contributed by atoms with Crippen molar-refractivity contribution >= 4 is 18.0 Å². The fraction of sp³-hybridized carbons (Fsp3) is 0.824. The monoisotopic (exact) mass is 325 g/mol. The van der Waals surface area contributed by atoms with Crippen LogP contribution in [0.2, 0.25) is 0 Å². The van der Waals surface area contributed by atoms with E-state index >= 15 is 0 Å². The lowest BCUT2D eigenvalue weighted by Crippen LogP contribution is -2.41. The van der Waals surface area contributed by atoms with Gasteiger partial charge in [0.05, 0.1) is 25.5 Å². The average molecular weight is 325 g/mol. The van der Waals surface area contributed by atoms with Crippen molar-refractivity contribution in [3.63, 3.8) is 0 Å². The van der Waals surface area contributed by atoms with Crippen molar-refractivity contribution in [1.82, 2.24) is 4.90 Å². The third kappa shape index (κ3) is 4.94. The quantitative estimate of drug-likeness (QED) is 0.531. The van der Waals surface area contributed by atoms with Gasteiger partial charge in [0.15, 0.2) is 0 Å². The third-order valence-corrected chi connectivity index (χ3v) is 4.71. The maximum Gasteiger partial charge on any atom is 0.416 e. The Bertz CT molecular complexity index is 431. The van der Waals surface area contributed by atoms with Crippen molar-refractivity contribution in [2.75, 3.05) is 19.8 Å². The van der Waals surface area contributed by atoms with Crippen molar-refractivity contribution in [2.45, 2.75) is 58.3 Å². The van der Waals surface area contributed by atoms with Crippen molar-refractivity contribution in [1.29, 1.82) is 0 Å². The number of hydrogen-bond acceptors (Lipinski definition) is 5. The molecule has 1 unspecified atom stereocenters. The number of cyclic esters (lactones) is 1. The maximum absolute atomic E-state index is 12.7. The summed E-state index contributed by atoms with van der Waals surface area (Å²) in [6, 6.07) is 0. The summed E-state index contributed by atoms with van der Waals surface area (Å²) in [5, 5.41) is 0. The van der Waals surface area contributed by atoms with Crippen molar-refractivity contribution in [3.8, 4) is 0 Å². The van der Waals surface area contributed by atoms with Crippen LogP contribution in [0.15, 0.2) is 0 Å².